The van der Waals surface area contributed by atoms with Crippen LogP contribution in [0.3, 0.4) is 0 Å². The molecule has 0 aliphatic rings. The van der Waals surface area contributed by atoms with Gasteiger partial charge in [-0.25, -0.2) is 4.79 Å². The Morgan fingerprint density at radius 3 is 2.47 bits per heavy atom. The molecule has 0 spiro atoms. The Kier molecular flexibility index (Phi) is 3.19. The Labute approximate surface area is 98.7 Å². The van der Waals surface area contributed by atoms with Crippen LogP contribution in [0.15, 0.2) is 42.5 Å². The second-order valence-electron chi connectivity index (χ2n) is 3.87. The maximum atomic E-state index is 11.1. The number of hydrogen-bond acceptors (Lipinski definition) is 2. The summed E-state index contributed by atoms with van der Waals surface area (Å²) >= 11 is 0. The Hall–Kier alpha value is -2.16. The smallest absolute Gasteiger partial charge is 0.372 e. The molecule has 86 valence electrons. The van der Waals surface area contributed by atoms with E-state index in [-0.39, 0.29) is 6.42 Å². The highest BCUT2D eigenvalue weighted by molar-refractivity contribution is 6.32. The summed E-state index contributed by atoms with van der Waals surface area (Å²) in [4.78, 5) is 21.5. The molecule has 0 amide bonds. The van der Waals surface area contributed by atoms with Gasteiger partial charge in [-0.15, -0.1) is 0 Å². The van der Waals surface area contributed by atoms with Gasteiger partial charge in [0.1, 0.15) is 0 Å². The van der Waals surface area contributed by atoms with Crippen molar-refractivity contribution in [2.24, 2.45) is 0 Å². The van der Waals surface area contributed by atoms with Crippen LogP contribution in [0.4, 0.5) is 0 Å². The fraction of sp³-hybridized carbons (Fsp3) is 0.143. The molecule has 0 bridgehead atoms. The first-order valence-electron chi connectivity index (χ1n) is 5.41. The average molecular weight is 228 g/mol. The minimum absolute atomic E-state index is 0.0450. The zero-order valence-corrected chi connectivity index (χ0v) is 9.22. The lowest BCUT2D eigenvalue weighted by Gasteiger charge is -2.04. The summed E-state index contributed by atoms with van der Waals surface area (Å²) in [5, 5.41) is 10.7. The van der Waals surface area contributed by atoms with E-state index in [9.17, 15) is 9.59 Å². The molecule has 0 fully saturated rings. The molecule has 0 saturated carbocycles. The van der Waals surface area contributed by atoms with Crippen LogP contribution in [-0.4, -0.2) is 16.9 Å². The molecular formula is C14H12O3. The Morgan fingerprint density at radius 1 is 1.00 bits per heavy atom. The molecule has 3 nitrogen and oxygen atoms in total. The highest BCUT2D eigenvalue weighted by atomic mass is 16.4. The molecule has 0 heterocycles. The molecule has 17 heavy (non-hydrogen) atoms. The Bertz CT molecular complexity index is 567. The second-order valence-corrected chi connectivity index (χ2v) is 3.87. The minimum Gasteiger partial charge on any atom is -0.476 e. The molecule has 0 unspecified atom stereocenters. The molecule has 0 saturated heterocycles. The van der Waals surface area contributed by atoms with Crippen LogP contribution in [0.2, 0.25) is 0 Å². The van der Waals surface area contributed by atoms with E-state index < -0.39 is 11.8 Å². The molecule has 2 rings (SSSR count). The fourth-order valence-electron chi connectivity index (χ4n) is 1.87. The number of aryl methyl sites for hydroxylation is 1. The van der Waals surface area contributed by atoms with Gasteiger partial charge in [0.25, 0.3) is 0 Å². The van der Waals surface area contributed by atoms with E-state index >= 15 is 0 Å². The van der Waals surface area contributed by atoms with Crippen LogP contribution in [0.1, 0.15) is 12.0 Å². The summed E-state index contributed by atoms with van der Waals surface area (Å²) in [6.07, 6.45) is 0.510. The largest absolute Gasteiger partial charge is 0.476 e. The number of carboxylic acids is 1. The molecule has 2 aromatic carbocycles. The van der Waals surface area contributed by atoms with Gasteiger partial charge in [-0.1, -0.05) is 42.5 Å². The number of benzene rings is 2. The van der Waals surface area contributed by atoms with Crippen LogP contribution in [0, 0.1) is 0 Å². The van der Waals surface area contributed by atoms with Crippen molar-refractivity contribution >= 4 is 22.5 Å². The van der Waals surface area contributed by atoms with Gasteiger partial charge >= 0.3 is 5.97 Å². The number of ketones is 1. The standard InChI is InChI=1S/C14H12O3/c15-13(14(16)17)9-8-11-6-3-5-10-4-1-2-7-12(10)11/h1-7H,8-9H2,(H,16,17). The van der Waals surface area contributed by atoms with Crippen molar-refractivity contribution in [3.8, 4) is 0 Å². The van der Waals surface area contributed by atoms with Gasteiger partial charge < -0.3 is 5.11 Å². The van der Waals surface area contributed by atoms with Crippen LogP contribution >= 0.6 is 0 Å². The normalized spacial score (nSPS) is 10.4. The van der Waals surface area contributed by atoms with E-state index in [0.717, 1.165) is 16.3 Å². The number of Topliss-reactive ketones (excluding diaryl/α,β-unsaturated/α-hetero) is 1. The van der Waals surface area contributed by atoms with Gasteiger partial charge in [0.2, 0.25) is 5.78 Å². The first kappa shape index (κ1) is 11.3. The summed E-state index contributed by atoms with van der Waals surface area (Å²) in [5.41, 5.74) is 1.01. The molecule has 0 radical (unpaired) electrons. The Balaban J connectivity index is 2.24. The van der Waals surface area contributed by atoms with Crippen LogP contribution in [-0.2, 0) is 16.0 Å². The maximum absolute atomic E-state index is 11.1. The second kappa shape index (κ2) is 4.78. The van der Waals surface area contributed by atoms with E-state index in [2.05, 4.69) is 0 Å². The van der Waals surface area contributed by atoms with Gasteiger partial charge in [-0.05, 0) is 22.8 Å². The highest BCUT2D eigenvalue weighted by Crippen LogP contribution is 2.19. The fourth-order valence-corrected chi connectivity index (χ4v) is 1.87. The predicted octanol–water partition coefficient (Wildman–Crippen LogP) is 2.43. The van der Waals surface area contributed by atoms with Crippen molar-refractivity contribution in [3.05, 3.63) is 48.0 Å². The minimum atomic E-state index is -1.36. The Morgan fingerprint density at radius 2 is 1.71 bits per heavy atom. The average Bonchev–Trinajstić information content (AvgIpc) is 2.35. The number of aliphatic carboxylic acids is 1. The van der Waals surface area contributed by atoms with Crippen molar-refractivity contribution in [1.29, 1.82) is 0 Å². The third kappa shape index (κ3) is 2.50. The van der Waals surface area contributed by atoms with Crippen molar-refractivity contribution < 1.29 is 14.7 Å². The highest BCUT2D eigenvalue weighted by Gasteiger charge is 2.11. The molecule has 0 aliphatic heterocycles. The van der Waals surface area contributed by atoms with Gasteiger partial charge in [-0.3, -0.25) is 4.79 Å². The summed E-state index contributed by atoms with van der Waals surface area (Å²) < 4.78 is 0. The van der Waals surface area contributed by atoms with Crippen molar-refractivity contribution in [2.45, 2.75) is 12.8 Å². The van der Waals surface area contributed by atoms with Gasteiger partial charge in [0.15, 0.2) is 0 Å². The number of fused-ring (bicyclic) bond motifs is 1. The lowest BCUT2D eigenvalue weighted by molar-refractivity contribution is -0.149. The third-order valence-electron chi connectivity index (χ3n) is 2.74. The third-order valence-corrected chi connectivity index (χ3v) is 2.74. The van der Waals surface area contributed by atoms with E-state index in [1.807, 2.05) is 42.5 Å². The predicted molar refractivity (Wildman–Crippen MR) is 64.9 cm³/mol. The van der Waals surface area contributed by atoms with Gasteiger partial charge in [0, 0.05) is 6.42 Å². The van der Waals surface area contributed by atoms with Crippen LogP contribution < -0.4 is 0 Å². The van der Waals surface area contributed by atoms with Gasteiger partial charge in [0.05, 0.1) is 0 Å². The van der Waals surface area contributed by atoms with Crippen molar-refractivity contribution in [2.75, 3.05) is 0 Å². The van der Waals surface area contributed by atoms with Crippen molar-refractivity contribution in [1.82, 2.24) is 0 Å². The molecule has 3 heteroatoms. The molecule has 0 atom stereocenters. The molecular weight excluding hydrogens is 216 g/mol. The number of carboxylic acid groups (broad SMARTS) is 1. The monoisotopic (exact) mass is 228 g/mol. The van der Waals surface area contributed by atoms with E-state index in [1.165, 1.54) is 0 Å². The molecule has 2 aromatic rings. The van der Waals surface area contributed by atoms with E-state index in [4.69, 9.17) is 5.11 Å². The topological polar surface area (TPSA) is 54.4 Å². The van der Waals surface area contributed by atoms with Crippen LogP contribution in [0.5, 0.6) is 0 Å². The van der Waals surface area contributed by atoms with E-state index in [0.29, 0.717) is 6.42 Å². The SMILES string of the molecule is O=C(O)C(=O)CCc1cccc2ccccc12. The first-order chi connectivity index (χ1) is 8.18. The lowest BCUT2D eigenvalue weighted by Crippen LogP contribution is -2.12. The number of carbonyl (C=O) groups excluding carboxylic acids is 1. The summed E-state index contributed by atoms with van der Waals surface area (Å²) in [6, 6.07) is 13.7. The maximum Gasteiger partial charge on any atom is 0.372 e. The van der Waals surface area contributed by atoms with Gasteiger partial charge in [-0.2, -0.15) is 0 Å². The number of rotatable bonds is 4. The summed E-state index contributed by atoms with van der Waals surface area (Å²) in [5.74, 6) is -2.09. The summed E-state index contributed by atoms with van der Waals surface area (Å²) in [6.45, 7) is 0. The van der Waals surface area contributed by atoms with Crippen LogP contribution in [0.25, 0.3) is 10.8 Å². The van der Waals surface area contributed by atoms with Crippen molar-refractivity contribution in [3.63, 3.8) is 0 Å². The molecule has 0 aromatic heterocycles. The first-order valence-corrected chi connectivity index (χ1v) is 5.41. The molecule has 0 aliphatic carbocycles. The van der Waals surface area contributed by atoms with E-state index in [1.54, 1.807) is 0 Å². The zero-order chi connectivity index (χ0) is 12.3. The quantitative estimate of drug-likeness (QED) is 0.817. The zero-order valence-electron chi connectivity index (χ0n) is 9.22. The number of hydrogen-bond donors (Lipinski definition) is 1. The summed E-state index contributed by atoms with van der Waals surface area (Å²) in [7, 11) is 0. The lowest BCUT2D eigenvalue weighted by atomic mass is 10.00. The molecule has 1 N–H and O–H groups in total. The number of carbonyl (C=O) groups is 2.